The van der Waals surface area contributed by atoms with Crippen LogP contribution in [0.15, 0.2) is 96.4 Å². The first-order valence-electron chi connectivity index (χ1n) is 14.1. The molecule has 1 fully saturated rings. The molecule has 4 atom stereocenters. The first-order chi connectivity index (χ1) is 19.9. The van der Waals surface area contributed by atoms with Crippen LogP contribution in [-0.2, 0) is 9.53 Å². The largest absolute Gasteiger partial charge is 0.493 e. The topological polar surface area (TPSA) is 101 Å². The van der Waals surface area contributed by atoms with Crippen LogP contribution in [0.25, 0.3) is 0 Å². The van der Waals surface area contributed by atoms with Gasteiger partial charge in [0, 0.05) is 30.8 Å². The van der Waals surface area contributed by atoms with Gasteiger partial charge in [-0.1, -0.05) is 49.4 Å². The standard InChI is InChI=1S/C33H33N3O5/c1-21-28-17-24(23-6-3-2-4-7-23)10-12-29(28)41-31(21)32(37)35-26-11-13-30(34-18-26)36-15-14-22(19-36)20-40-27-9-5-8-25(16-27)33(38)39/h2-13,16,18,21-22,24,31H,14-15,17,19-20H2,1H3,(H,35,37)(H,38,39). The van der Waals surface area contributed by atoms with Crippen molar-refractivity contribution in [3.05, 3.63) is 108 Å². The number of nitrogens with one attached hydrogen (secondary N) is 1. The molecule has 0 saturated carbocycles. The smallest absolute Gasteiger partial charge is 0.335 e. The van der Waals surface area contributed by atoms with Crippen LogP contribution in [0, 0.1) is 11.8 Å². The average Bonchev–Trinajstić information content (AvgIpc) is 3.61. The second-order valence-corrected chi connectivity index (χ2v) is 10.9. The van der Waals surface area contributed by atoms with Gasteiger partial charge in [0.15, 0.2) is 6.10 Å². The second-order valence-electron chi connectivity index (χ2n) is 10.9. The highest BCUT2D eigenvalue weighted by molar-refractivity contribution is 5.95. The number of nitrogens with zero attached hydrogens (tertiary/aromatic N) is 2. The summed E-state index contributed by atoms with van der Waals surface area (Å²) in [6.07, 6.45) is 7.09. The minimum atomic E-state index is -0.969. The van der Waals surface area contributed by atoms with E-state index in [1.165, 1.54) is 11.1 Å². The number of hydrogen-bond acceptors (Lipinski definition) is 6. The molecular weight excluding hydrogens is 518 g/mol. The lowest BCUT2D eigenvalue weighted by Crippen LogP contribution is -2.32. The lowest BCUT2D eigenvalue weighted by atomic mass is 9.82. The fourth-order valence-electron chi connectivity index (χ4n) is 5.84. The molecule has 3 aromatic rings. The SMILES string of the molecule is CC1C2=C(C=CC(c3ccccc3)C2)OC1C(=O)Nc1ccc(N2CCC(COc3cccc(C(=O)O)c3)C2)nc1. The zero-order chi connectivity index (χ0) is 28.3. The third kappa shape index (κ3) is 5.82. The zero-order valence-electron chi connectivity index (χ0n) is 22.9. The normalized spacial score (nSPS) is 23.2. The first kappa shape index (κ1) is 26.6. The molecule has 4 unspecified atom stereocenters. The number of carbonyl (C=O) groups is 2. The number of aromatic carboxylic acids is 1. The minimum absolute atomic E-state index is 0.0104. The third-order valence-corrected chi connectivity index (χ3v) is 8.17. The van der Waals surface area contributed by atoms with E-state index in [4.69, 9.17) is 14.6 Å². The number of aromatic nitrogens is 1. The Labute approximate surface area is 239 Å². The number of pyridine rings is 1. The van der Waals surface area contributed by atoms with Crippen molar-refractivity contribution in [1.82, 2.24) is 4.98 Å². The molecule has 1 saturated heterocycles. The van der Waals surface area contributed by atoms with E-state index >= 15 is 0 Å². The fraction of sp³-hybridized carbons (Fsp3) is 0.303. The number of carboxylic acids is 1. The molecule has 0 radical (unpaired) electrons. The van der Waals surface area contributed by atoms with E-state index in [1.807, 2.05) is 24.3 Å². The number of anilines is 2. The Morgan fingerprint density at radius 3 is 2.76 bits per heavy atom. The summed E-state index contributed by atoms with van der Waals surface area (Å²) in [7, 11) is 0. The van der Waals surface area contributed by atoms with Crippen LogP contribution in [0.2, 0.25) is 0 Å². The monoisotopic (exact) mass is 551 g/mol. The molecule has 3 heterocycles. The van der Waals surface area contributed by atoms with Crippen LogP contribution in [0.3, 0.4) is 0 Å². The van der Waals surface area contributed by atoms with E-state index in [1.54, 1.807) is 30.5 Å². The lowest BCUT2D eigenvalue weighted by molar-refractivity contribution is -0.125. The Hall–Kier alpha value is -4.59. The summed E-state index contributed by atoms with van der Waals surface area (Å²) < 4.78 is 12.0. The van der Waals surface area contributed by atoms with E-state index in [0.717, 1.165) is 37.5 Å². The molecule has 1 amide bonds. The van der Waals surface area contributed by atoms with Crippen molar-refractivity contribution in [2.75, 3.05) is 29.9 Å². The molecule has 0 bridgehead atoms. The molecule has 210 valence electrons. The van der Waals surface area contributed by atoms with Gasteiger partial charge in [-0.05, 0) is 60.4 Å². The van der Waals surface area contributed by atoms with Gasteiger partial charge in [0.05, 0.1) is 24.1 Å². The lowest BCUT2D eigenvalue weighted by Gasteiger charge is -2.20. The molecule has 2 N–H and O–H groups in total. The zero-order valence-corrected chi connectivity index (χ0v) is 22.9. The molecule has 2 aliphatic heterocycles. The van der Waals surface area contributed by atoms with Gasteiger partial charge in [0.1, 0.15) is 17.3 Å². The predicted octanol–water partition coefficient (Wildman–Crippen LogP) is 5.66. The van der Waals surface area contributed by atoms with Crippen LogP contribution in [-0.4, -0.2) is 47.8 Å². The molecule has 1 aliphatic carbocycles. The summed E-state index contributed by atoms with van der Waals surface area (Å²) in [5.41, 5.74) is 3.31. The van der Waals surface area contributed by atoms with Crippen LogP contribution in [0.4, 0.5) is 11.5 Å². The molecular formula is C33H33N3O5. The minimum Gasteiger partial charge on any atom is -0.493 e. The van der Waals surface area contributed by atoms with Crippen molar-refractivity contribution >= 4 is 23.4 Å². The van der Waals surface area contributed by atoms with Crippen molar-refractivity contribution < 1.29 is 24.2 Å². The molecule has 8 nitrogen and oxygen atoms in total. The van der Waals surface area contributed by atoms with Crippen LogP contribution in [0.5, 0.6) is 5.75 Å². The van der Waals surface area contributed by atoms with Gasteiger partial charge in [-0.2, -0.15) is 0 Å². The number of amides is 1. The Morgan fingerprint density at radius 2 is 1.98 bits per heavy atom. The van der Waals surface area contributed by atoms with Crippen molar-refractivity contribution in [2.45, 2.75) is 31.8 Å². The average molecular weight is 552 g/mol. The maximum atomic E-state index is 13.2. The van der Waals surface area contributed by atoms with Gasteiger partial charge in [-0.15, -0.1) is 0 Å². The number of hydrogen-bond donors (Lipinski definition) is 2. The van der Waals surface area contributed by atoms with E-state index in [2.05, 4.69) is 52.5 Å². The number of rotatable bonds is 8. The quantitative estimate of drug-likeness (QED) is 0.373. The third-order valence-electron chi connectivity index (χ3n) is 8.17. The van der Waals surface area contributed by atoms with Crippen molar-refractivity contribution in [3.8, 4) is 5.75 Å². The summed E-state index contributed by atoms with van der Waals surface area (Å²) in [4.78, 5) is 31.2. The van der Waals surface area contributed by atoms with Crippen molar-refractivity contribution in [1.29, 1.82) is 0 Å². The second kappa shape index (κ2) is 11.5. The Morgan fingerprint density at radius 1 is 1.12 bits per heavy atom. The molecule has 0 spiro atoms. The number of carboxylic acid groups (broad SMARTS) is 1. The Bertz CT molecular complexity index is 1480. The fourth-order valence-corrected chi connectivity index (χ4v) is 5.84. The van der Waals surface area contributed by atoms with E-state index in [-0.39, 0.29) is 17.4 Å². The highest BCUT2D eigenvalue weighted by Crippen LogP contribution is 2.42. The predicted molar refractivity (Wildman–Crippen MR) is 156 cm³/mol. The highest BCUT2D eigenvalue weighted by Gasteiger charge is 2.39. The van der Waals surface area contributed by atoms with Crippen molar-refractivity contribution in [3.63, 3.8) is 0 Å². The number of carbonyl (C=O) groups excluding carboxylic acids is 1. The number of benzene rings is 2. The Balaban J connectivity index is 1.00. The van der Waals surface area contributed by atoms with Gasteiger partial charge < -0.3 is 24.8 Å². The molecule has 2 aromatic carbocycles. The first-order valence-corrected chi connectivity index (χ1v) is 14.1. The van der Waals surface area contributed by atoms with Gasteiger partial charge in [0.25, 0.3) is 5.91 Å². The van der Waals surface area contributed by atoms with Gasteiger partial charge in [-0.25, -0.2) is 9.78 Å². The van der Waals surface area contributed by atoms with Gasteiger partial charge in [0.2, 0.25) is 0 Å². The molecule has 6 rings (SSSR count). The van der Waals surface area contributed by atoms with E-state index in [9.17, 15) is 9.59 Å². The van der Waals surface area contributed by atoms with E-state index < -0.39 is 12.1 Å². The highest BCUT2D eigenvalue weighted by atomic mass is 16.5. The summed E-state index contributed by atoms with van der Waals surface area (Å²) in [5.74, 6) is 1.67. The molecule has 8 heteroatoms. The summed E-state index contributed by atoms with van der Waals surface area (Å²) in [6.45, 7) is 4.21. The molecule has 1 aromatic heterocycles. The Kier molecular flexibility index (Phi) is 7.46. The maximum absolute atomic E-state index is 13.2. The summed E-state index contributed by atoms with van der Waals surface area (Å²) >= 11 is 0. The van der Waals surface area contributed by atoms with Gasteiger partial charge in [-0.3, -0.25) is 4.79 Å². The van der Waals surface area contributed by atoms with E-state index in [0.29, 0.717) is 29.9 Å². The number of ether oxygens (including phenoxy) is 2. The molecule has 3 aliphatic rings. The maximum Gasteiger partial charge on any atom is 0.335 e. The van der Waals surface area contributed by atoms with Gasteiger partial charge >= 0.3 is 5.97 Å². The van der Waals surface area contributed by atoms with Crippen LogP contribution in [0.1, 0.15) is 41.6 Å². The summed E-state index contributed by atoms with van der Waals surface area (Å²) in [5, 5.41) is 12.2. The van der Waals surface area contributed by atoms with Crippen LogP contribution < -0.4 is 15.0 Å². The molecule has 41 heavy (non-hydrogen) atoms. The van der Waals surface area contributed by atoms with Crippen molar-refractivity contribution in [2.24, 2.45) is 11.8 Å². The van der Waals surface area contributed by atoms with Crippen LogP contribution >= 0.6 is 0 Å². The number of allylic oxidation sites excluding steroid dienone is 2. The summed E-state index contributed by atoms with van der Waals surface area (Å²) in [6, 6.07) is 20.8.